The summed E-state index contributed by atoms with van der Waals surface area (Å²) in [7, 11) is 1.82. The molecule has 0 spiro atoms. The number of rotatable bonds is 0. The number of nitrogens with zero attached hydrogens (tertiary/aromatic N) is 2. The summed E-state index contributed by atoms with van der Waals surface area (Å²) in [4.78, 5) is 18.3. The van der Waals surface area contributed by atoms with Crippen molar-refractivity contribution in [2.45, 2.75) is 20.3 Å². The lowest BCUT2D eigenvalue weighted by atomic mass is 9.87. The van der Waals surface area contributed by atoms with Crippen LogP contribution in [0.1, 0.15) is 35.5 Å². The Balaban J connectivity index is 2.56. The van der Waals surface area contributed by atoms with E-state index in [2.05, 4.69) is 24.8 Å². The van der Waals surface area contributed by atoms with E-state index in [1.165, 1.54) is 0 Å². The van der Waals surface area contributed by atoms with E-state index in [-0.39, 0.29) is 11.3 Å². The highest BCUT2D eigenvalue weighted by Crippen LogP contribution is 2.28. The van der Waals surface area contributed by atoms with Crippen LogP contribution in [-0.4, -0.2) is 29.4 Å². The second-order valence-corrected chi connectivity index (χ2v) is 5.36. The second kappa shape index (κ2) is 3.89. The van der Waals surface area contributed by atoms with Gasteiger partial charge in [0.25, 0.3) is 5.91 Å². The van der Waals surface area contributed by atoms with Crippen molar-refractivity contribution >= 4 is 5.91 Å². The Morgan fingerprint density at radius 2 is 2.24 bits per heavy atom. The molecule has 0 atom stereocenters. The van der Waals surface area contributed by atoms with Crippen molar-refractivity contribution in [3.63, 3.8) is 0 Å². The maximum atomic E-state index is 12.2. The molecule has 0 saturated carbocycles. The number of aromatic nitrogens is 1. The van der Waals surface area contributed by atoms with Gasteiger partial charge in [0.15, 0.2) is 0 Å². The van der Waals surface area contributed by atoms with E-state index in [1.54, 1.807) is 17.2 Å². The van der Waals surface area contributed by atoms with Gasteiger partial charge in [0, 0.05) is 25.4 Å². The Kier molecular flexibility index (Phi) is 2.66. The lowest BCUT2D eigenvalue weighted by Gasteiger charge is -2.26. The third kappa shape index (κ3) is 2.16. The minimum absolute atomic E-state index is 0.00942. The molecule has 1 aromatic heterocycles. The van der Waals surface area contributed by atoms with Gasteiger partial charge in [0.1, 0.15) is 0 Å². The van der Waals surface area contributed by atoms with E-state index in [0.29, 0.717) is 11.1 Å². The van der Waals surface area contributed by atoms with Crippen LogP contribution < -0.4 is 0 Å². The number of pyridine rings is 1. The molecule has 88 valence electrons. The average Bonchev–Trinajstić information content (AvgIpc) is 2.34. The molecule has 1 aliphatic rings. The summed E-state index contributed by atoms with van der Waals surface area (Å²) in [5, 5.41) is 0. The van der Waals surface area contributed by atoms with E-state index in [1.807, 2.05) is 7.05 Å². The Bertz CT molecular complexity index is 511. The first kappa shape index (κ1) is 11.7. The monoisotopic (exact) mass is 228 g/mol. The summed E-state index contributed by atoms with van der Waals surface area (Å²) in [6.07, 6.45) is 7.80. The average molecular weight is 228 g/mol. The van der Waals surface area contributed by atoms with E-state index in [4.69, 9.17) is 6.42 Å². The maximum absolute atomic E-state index is 12.2. The Hall–Kier alpha value is -1.82. The second-order valence-electron chi connectivity index (χ2n) is 5.36. The Morgan fingerprint density at radius 3 is 2.88 bits per heavy atom. The molecule has 1 amide bonds. The van der Waals surface area contributed by atoms with Crippen LogP contribution in [0.3, 0.4) is 0 Å². The Labute approximate surface area is 102 Å². The standard InChI is InChI=1S/C14H16N2O/c1-5-10-6-11-12(15-8-10)7-14(2,3)9-16(4)13(11)17/h1,6,8H,7,9H2,2-4H3. The molecule has 0 aromatic carbocycles. The van der Waals surface area contributed by atoms with Crippen LogP contribution in [0, 0.1) is 17.8 Å². The third-order valence-corrected chi connectivity index (χ3v) is 3.03. The molecule has 2 heterocycles. The predicted molar refractivity (Wildman–Crippen MR) is 66.6 cm³/mol. The van der Waals surface area contributed by atoms with Gasteiger partial charge in [-0.05, 0) is 17.9 Å². The fraction of sp³-hybridized carbons (Fsp3) is 0.429. The quantitative estimate of drug-likeness (QED) is 0.633. The zero-order valence-electron chi connectivity index (χ0n) is 10.4. The molecule has 0 bridgehead atoms. The van der Waals surface area contributed by atoms with Crippen LogP contribution in [0.2, 0.25) is 0 Å². The van der Waals surface area contributed by atoms with Crippen LogP contribution in [0.15, 0.2) is 12.3 Å². The first-order valence-electron chi connectivity index (χ1n) is 5.64. The van der Waals surface area contributed by atoms with Crippen molar-refractivity contribution in [3.8, 4) is 12.3 Å². The van der Waals surface area contributed by atoms with Gasteiger partial charge >= 0.3 is 0 Å². The number of fused-ring (bicyclic) bond motifs is 1. The molecule has 1 aromatic rings. The van der Waals surface area contributed by atoms with E-state index < -0.39 is 0 Å². The molecule has 0 saturated heterocycles. The number of carbonyl (C=O) groups excluding carboxylic acids is 1. The predicted octanol–water partition coefficient (Wildman–Crippen LogP) is 1.72. The minimum atomic E-state index is 0.00942. The fourth-order valence-corrected chi connectivity index (χ4v) is 2.33. The number of carbonyl (C=O) groups is 1. The maximum Gasteiger partial charge on any atom is 0.255 e. The summed E-state index contributed by atoms with van der Waals surface area (Å²) < 4.78 is 0. The van der Waals surface area contributed by atoms with Crippen LogP contribution in [0.5, 0.6) is 0 Å². The first-order chi connectivity index (χ1) is 7.93. The van der Waals surface area contributed by atoms with Gasteiger partial charge in [-0.3, -0.25) is 9.78 Å². The van der Waals surface area contributed by atoms with Crippen LogP contribution in [0.4, 0.5) is 0 Å². The number of amides is 1. The highest BCUT2D eigenvalue weighted by molar-refractivity contribution is 5.95. The van der Waals surface area contributed by atoms with E-state index >= 15 is 0 Å². The number of hydrogen-bond donors (Lipinski definition) is 0. The van der Waals surface area contributed by atoms with Gasteiger partial charge in [0.05, 0.1) is 11.3 Å². The van der Waals surface area contributed by atoms with Crippen molar-refractivity contribution in [2.24, 2.45) is 5.41 Å². The summed E-state index contributed by atoms with van der Waals surface area (Å²) in [6.45, 7) is 5.01. The smallest absolute Gasteiger partial charge is 0.255 e. The van der Waals surface area contributed by atoms with Gasteiger partial charge in [-0.25, -0.2) is 0 Å². The van der Waals surface area contributed by atoms with Gasteiger partial charge < -0.3 is 4.90 Å². The molecule has 0 N–H and O–H groups in total. The van der Waals surface area contributed by atoms with Gasteiger partial charge in [-0.15, -0.1) is 6.42 Å². The molecule has 3 heteroatoms. The minimum Gasteiger partial charge on any atom is -0.341 e. The molecule has 3 nitrogen and oxygen atoms in total. The van der Waals surface area contributed by atoms with Gasteiger partial charge in [-0.1, -0.05) is 19.8 Å². The largest absolute Gasteiger partial charge is 0.341 e. The lowest BCUT2D eigenvalue weighted by Crippen LogP contribution is -2.33. The van der Waals surface area contributed by atoms with Crippen molar-refractivity contribution in [2.75, 3.05) is 13.6 Å². The molecule has 0 radical (unpaired) electrons. The normalized spacial score (nSPS) is 18.2. The molecule has 2 rings (SSSR count). The number of hydrogen-bond acceptors (Lipinski definition) is 2. The summed E-state index contributed by atoms with van der Waals surface area (Å²) in [5.74, 6) is 2.53. The summed E-state index contributed by atoms with van der Waals surface area (Å²) >= 11 is 0. The molecular formula is C14H16N2O. The summed E-state index contributed by atoms with van der Waals surface area (Å²) in [5.41, 5.74) is 2.20. The molecular weight excluding hydrogens is 212 g/mol. The third-order valence-electron chi connectivity index (χ3n) is 3.03. The van der Waals surface area contributed by atoms with Crippen molar-refractivity contribution in [1.82, 2.24) is 9.88 Å². The number of terminal acetylenes is 1. The van der Waals surface area contributed by atoms with Crippen molar-refractivity contribution in [3.05, 3.63) is 29.1 Å². The van der Waals surface area contributed by atoms with Crippen molar-refractivity contribution in [1.29, 1.82) is 0 Å². The van der Waals surface area contributed by atoms with Crippen LogP contribution in [-0.2, 0) is 6.42 Å². The zero-order valence-corrected chi connectivity index (χ0v) is 10.4. The highest BCUT2D eigenvalue weighted by atomic mass is 16.2. The van der Waals surface area contributed by atoms with Crippen LogP contribution in [0.25, 0.3) is 0 Å². The zero-order chi connectivity index (χ0) is 12.6. The molecule has 0 aliphatic carbocycles. The molecule has 0 fully saturated rings. The van der Waals surface area contributed by atoms with Crippen LogP contribution >= 0.6 is 0 Å². The SMILES string of the molecule is C#Cc1cnc2c(c1)C(=O)N(C)CC(C)(C)C2. The van der Waals surface area contributed by atoms with E-state index in [9.17, 15) is 4.79 Å². The fourth-order valence-electron chi connectivity index (χ4n) is 2.33. The summed E-state index contributed by atoms with van der Waals surface area (Å²) in [6, 6.07) is 1.77. The first-order valence-corrected chi connectivity index (χ1v) is 5.64. The van der Waals surface area contributed by atoms with Gasteiger partial charge in [0.2, 0.25) is 0 Å². The molecule has 1 aliphatic heterocycles. The lowest BCUT2D eigenvalue weighted by molar-refractivity contribution is 0.0754. The topological polar surface area (TPSA) is 33.2 Å². The van der Waals surface area contributed by atoms with Gasteiger partial charge in [-0.2, -0.15) is 0 Å². The Morgan fingerprint density at radius 1 is 1.53 bits per heavy atom. The molecule has 17 heavy (non-hydrogen) atoms. The molecule has 0 unspecified atom stereocenters. The van der Waals surface area contributed by atoms with E-state index in [0.717, 1.165) is 18.7 Å². The highest BCUT2D eigenvalue weighted by Gasteiger charge is 2.31. The van der Waals surface area contributed by atoms with Crippen molar-refractivity contribution < 1.29 is 4.79 Å².